The molecule has 0 aliphatic heterocycles. The third-order valence-corrected chi connectivity index (χ3v) is 5.16. The molecule has 0 bridgehead atoms. The van der Waals surface area contributed by atoms with Crippen molar-refractivity contribution in [2.24, 2.45) is 0 Å². The molecule has 0 saturated heterocycles. The Kier molecular flexibility index (Phi) is 6.37. The molecule has 28 heavy (non-hydrogen) atoms. The van der Waals surface area contributed by atoms with Crippen LogP contribution in [0.4, 0.5) is 11.4 Å². The fourth-order valence-corrected chi connectivity index (χ4v) is 3.37. The molecule has 0 aliphatic carbocycles. The van der Waals surface area contributed by atoms with E-state index in [1.54, 1.807) is 0 Å². The molecule has 1 aromatic heterocycles. The predicted octanol–water partition coefficient (Wildman–Crippen LogP) is 6.13. The minimum absolute atomic E-state index is 0.510. The fraction of sp³-hybridized carbons (Fsp3) is 0.273. The first-order valence-electron chi connectivity index (χ1n) is 9.30. The summed E-state index contributed by atoms with van der Waals surface area (Å²) in [5.74, 6) is 0.510. The molecule has 6 heteroatoms. The standard InChI is InChI=1S/C22H25ClN4S/c1-14(2)18-7-11-20(12-8-18)24-22(28)25-21-15(3)26-27(16(21)4)13-17-5-9-19(23)10-6-17/h5-12,14H,13H2,1-4H3,(H2,24,25,28). The maximum absolute atomic E-state index is 5.97. The SMILES string of the molecule is Cc1nn(Cc2ccc(Cl)cc2)c(C)c1NC(=S)Nc1ccc(C(C)C)cc1. The molecule has 0 saturated carbocycles. The molecule has 3 rings (SSSR count). The molecule has 0 aliphatic rings. The number of halogens is 1. The van der Waals surface area contributed by atoms with E-state index in [4.69, 9.17) is 23.8 Å². The predicted molar refractivity (Wildman–Crippen MR) is 123 cm³/mol. The van der Waals surface area contributed by atoms with Crippen molar-refractivity contribution in [3.8, 4) is 0 Å². The van der Waals surface area contributed by atoms with Crippen molar-refractivity contribution in [1.82, 2.24) is 9.78 Å². The molecule has 1 heterocycles. The Bertz CT molecular complexity index is 959. The first-order chi connectivity index (χ1) is 13.3. The van der Waals surface area contributed by atoms with Gasteiger partial charge in [-0.05, 0) is 67.4 Å². The molecule has 4 nitrogen and oxygen atoms in total. The van der Waals surface area contributed by atoms with Gasteiger partial charge >= 0.3 is 0 Å². The maximum Gasteiger partial charge on any atom is 0.175 e. The number of nitrogens with zero attached hydrogens (tertiary/aromatic N) is 2. The quantitative estimate of drug-likeness (QED) is 0.494. The normalized spacial score (nSPS) is 10.9. The summed E-state index contributed by atoms with van der Waals surface area (Å²) in [6, 6.07) is 16.2. The summed E-state index contributed by atoms with van der Waals surface area (Å²) in [5.41, 5.74) is 6.29. The minimum atomic E-state index is 0.510. The highest BCUT2D eigenvalue weighted by molar-refractivity contribution is 7.80. The van der Waals surface area contributed by atoms with Crippen molar-refractivity contribution in [3.63, 3.8) is 0 Å². The zero-order valence-electron chi connectivity index (χ0n) is 16.6. The van der Waals surface area contributed by atoms with E-state index >= 15 is 0 Å². The number of hydrogen-bond acceptors (Lipinski definition) is 2. The lowest BCUT2D eigenvalue weighted by Crippen LogP contribution is -2.20. The molecule has 0 amide bonds. The average Bonchev–Trinajstić information content (AvgIpc) is 2.91. The van der Waals surface area contributed by atoms with Gasteiger partial charge in [0.15, 0.2) is 5.11 Å². The van der Waals surface area contributed by atoms with Gasteiger partial charge in [-0.3, -0.25) is 4.68 Å². The highest BCUT2D eigenvalue weighted by Crippen LogP contribution is 2.22. The van der Waals surface area contributed by atoms with Gasteiger partial charge in [0.1, 0.15) is 0 Å². The van der Waals surface area contributed by atoms with Crippen LogP contribution in [-0.2, 0) is 6.54 Å². The summed E-state index contributed by atoms with van der Waals surface area (Å²) in [7, 11) is 0. The van der Waals surface area contributed by atoms with Gasteiger partial charge in [-0.15, -0.1) is 0 Å². The van der Waals surface area contributed by atoms with E-state index in [1.165, 1.54) is 5.56 Å². The van der Waals surface area contributed by atoms with E-state index < -0.39 is 0 Å². The summed E-state index contributed by atoms with van der Waals surface area (Å²) in [4.78, 5) is 0. The molecule has 2 N–H and O–H groups in total. The molecule has 2 aromatic carbocycles. The molecule has 0 spiro atoms. The van der Waals surface area contributed by atoms with Crippen molar-refractivity contribution in [2.75, 3.05) is 10.6 Å². The summed E-state index contributed by atoms with van der Waals surface area (Å²) >= 11 is 11.5. The summed E-state index contributed by atoms with van der Waals surface area (Å²) < 4.78 is 1.97. The Morgan fingerprint density at radius 2 is 1.68 bits per heavy atom. The molecule has 0 fully saturated rings. The number of thiocarbonyl (C=S) groups is 1. The number of hydrogen-bond donors (Lipinski definition) is 2. The van der Waals surface area contributed by atoms with Gasteiger partial charge in [0.05, 0.1) is 23.6 Å². The first kappa shape index (κ1) is 20.4. The Labute approximate surface area is 176 Å². The van der Waals surface area contributed by atoms with Crippen LogP contribution in [-0.4, -0.2) is 14.9 Å². The van der Waals surface area contributed by atoms with Gasteiger partial charge in [-0.2, -0.15) is 5.10 Å². The van der Waals surface area contributed by atoms with Crippen LogP contribution in [0.25, 0.3) is 0 Å². The van der Waals surface area contributed by atoms with Crippen LogP contribution in [0.3, 0.4) is 0 Å². The van der Waals surface area contributed by atoms with E-state index in [1.807, 2.05) is 54.9 Å². The zero-order valence-corrected chi connectivity index (χ0v) is 18.2. The van der Waals surface area contributed by atoms with Gasteiger partial charge in [-0.1, -0.05) is 49.7 Å². The third-order valence-electron chi connectivity index (χ3n) is 4.70. The first-order valence-corrected chi connectivity index (χ1v) is 10.1. The minimum Gasteiger partial charge on any atom is -0.332 e. The Hall–Kier alpha value is -2.37. The van der Waals surface area contributed by atoms with Crippen molar-refractivity contribution in [3.05, 3.63) is 76.1 Å². The highest BCUT2D eigenvalue weighted by Gasteiger charge is 2.13. The van der Waals surface area contributed by atoms with Crippen LogP contribution in [0.15, 0.2) is 48.5 Å². The molecular formula is C22H25ClN4S. The Balaban J connectivity index is 1.69. The number of anilines is 2. The number of aromatic nitrogens is 2. The zero-order chi connectivity index (χ0) is 20.3. The van der Waals surface area contributed by atoms with Gasteiger partial charge < -0.3 is 10.6 Å². The van der Waals surface area contributed by atoms with Gasteiger partial charge in [0.25, 0.3) is 0 Å². The Morgan fingerprint density at radius 1 is 1.04 bits per heavy atom. The molecule has 0 radical (unpaired) electrons. The lowest BCUT2D eigenvalue weighted by molar-refractivity contribution is 0.659. The smallest absolute Gasteiger partial charge is 0.175 e. The topological polar surface area (TPSA) is 41.9 Å². The third kappa shape index (κ3) is 4.91. The van der Waals surface area contributed by atoms with Crippen LogP contribution < -0.4 is 10.6 Å². The second-order valence-electron chi connectivity index (χ2n) is 7.19. The number of aryl methyl sites for hydroxylation is 1. The summed E-state index contributed by atoms with van der Waals surface area (Å²) in [5, 5.41) is 12.5. The largest absolute Gasteiger partial charge is 0.332 e. The lowest BCUT2D eigenvalue weighted by atomic mass is 10.0. The number of rotatable bonds is 5. The monoisotopic (exact) mass is 412 g/mol. The van der Waals surface area contributed by atoms with E-state index in [0.717, 1.165) is 33.3 Å². The highest BCUT2D eigenvalue weighted by atomic mass is 35.5. The van der Waals surface area contributed by atoms with Crippen LogP contribution in [0.2, 0.25) is 5.02 Å². The van der Waals surface area contributed by atoms with Crippen LogP contribution in [0, 0.1) is 13.8 Å². The summed E-state index contributed by atoms with van der Waals surface area (Å²) in [6.07, 6.45) is 0. The molecular weight excluding hydrogens is 388 g/mol. The average molecular weight is 413 g/mol. The maximum atomic E-state index is 5.97. The van der Waals surface area contributed by atoms with Crippen molar-refractivity contribution >= 4 is 40.3 Å². The van der Waals surface area contributed by atoms with Gasteiger partial charge in [0, 0.05) is 10.7 Å². The molecule has 146 valence electrons. The molecule has 0 atom stereocenters. The van der Waals surface area contributed by atoms with E-state index in [9.17, 15) is 0 Å². The fourth-order valence-electron chi connectivity index (χ4n) is 3.02. The second-order valence-corrected chi connectivity index (χ2v) is 8.03. The van der Waals surface area contributed by atoms with Gasteiger partial charge in [-0.25, -0.2) is 0 Å². The van der Waals surface area contributed by atoms with Crippen molar-refractivity contribution < 1.29 is 0 Å². The Morgan fingerprint density at radius 3 is 2.29 bits per heavy atom. The van der Waals surface area contributed by atoms with Crippen molar-refractivity contribution in [1.29, 1.82) is 0 Å². The van der Waals surface area contributed by atoms with Crippen molar-refractivity contribution in [2.45, 2.75) is 40.2 Å². The molecule has 3 aromatic rings. The molecule has 0 unspecified atom stereocenters. The van der Waals surface area contributed by atoms with E-state index in [0.29, 0.717) is 17.6 Å². The van der Waals surface area contributed by atoms with E-state index in [2.05, 4.69) is 41.7 Å². The van der Waals surface area contributed by atoms with E-state index in [-0.39, 0.29) is 0 Å². The van der Waals surface area contributed by atoms with Crippen LogP contribution >= 0.6 is 23.8 Å². The second kappa shape index (κ2) is 8.76. The van der Waals surface area contributed by atoms with Gasteiger partial charge in [0.2, 0.25) is 0 Å². The number of nitrogens with one attached hydrogen (secondary N) is 2. The van der Waals surface area contributed by atoms with Crippen LogP contribution in [0.5, 0.6) is 0 Å². The van der Waals surface area contributed by atoms with Crippen LogP contribution in [0.1, 0.15) is 42.3 Å². The lowest BCUT2D eigenvalue weighted by Gasteiger charge is -2.12. The summed E-state index contributed by atoms with van der Waals surface area (Å²) in [6.45, 7) is 9.07. The number of benzene rings is 2.